The van der Waals surface area contributed by atoms with E-state index in [0.29, 0.717) is 16.9 Å². The third-order valence-electron chi connectivity index (χ3n) is 3.52. The average Bonchev–Trinajstić information content (AvgIpc) is 2.88. The van der Waals surface area contributed by atoms with Crippen molar-refractivity contribution in [3.63, 3.8) is 0 Å². The van der Waals surface area contributed by atoms with Crippen LogP contribution in [0.1, 0.15) is 11.3 Å². The first-order valence-corrected chi connectivity index (χ1v) is 6.87. The van der Waals surface area contributed by atoms with E-state index in [4.69, 9.17) is 5.73 Å². The van der Waals surface area contributed by atoms with E-state index in [0.717, 1.165) is 18.5 Å². The van der Waals surface area contributed by atoms with Crippen LogP contribution < -0.4 is 5.73 Å². The molecule has 1 heterocycles. The van der Waals surface area contributed by atoms with Gasteiger partial charge in [0.2, 0.25) is 0 Å². The quantitative estimate of drug-likeness (QED) is 0.768. The lowest BCUT2D eigenvalue weighted by Gasteiger charge is -2.06. The minimum atomic E-state index is -0.286. The molecule has 0 aliphatic heterocycles. The van der Waals surface area contributed by atoms with Gasteiger partial charge in [-0.25, -0.2) is 4.39 Å². The van der Waals surface area contributed by atoms with Crippen molar-refractivity contribution in [2.75, 3.05) is 5.73 Å². The Morgan fingerprint density at radius 1 is 0.952 bits per heavy atom. The Bertz CT molecular complexity index is 735. The fourth-order valence-corrected chi connectivity index (χ4v) is 2.45. The zero-order valence-corrected chi connectivity index (χ0v) is 11.5. The lowest BCUT2D eigenvalue weighted by atomic mass is 10.0. The molecular formula is C17H16FN3. The Balaban J connectivity index is 1.89. The Labute approximate surface area is 122 Å². The summed E-state index contributed by atoms with van der Waals surface area (Å²) in [6, 6.07) is 16.8. The Hall–Kier alpha value is -2.62. The van der Waals surface area contributed by atoms with Gasteiger partial charge in [0, 0.05) is 16.8 Å². The van der Waals surface area contributed by atoms with Crippen molar-refractivity contribution in [3.8, 4) is 11.1 Å². The molecule has 0 saturated heterocycles. The largest absolute Gasteiger partial charge is 0.382 e. The number of aromatic amines is 1. The van der Waals surface area contributed by atoms with E-state index in [-0.39, 0.29) is 5.82 Å². The van der Waals surface area contributed by atoms with Crippen LogP contribution >= 0.6 is 0 Å². The molecule has 0 radical (unpaired) electrons. The summed E-state index contributed by atoms with van der Waals surface area (Å²) in [4.78, 5) is 0. The van der Waals surface area contributed by atoms with Gasteiger partial charge in [-0.2, -0.15) is 5.10 Å². The predicted octanol–water partition coefficient (Wildman–Crippen LogP) is 3.58. The van der Waals surface area contributed by atoms with E-state index in [9.17, 15) is 4.39 Å². The number of halogens is 1. The van der Waals surface area contributed by atoms with E-state index < -0.39 is 0 Å². The molecule has 0 spiro atoms. The van der Waals surface area contributed by atoms with Gasteiger partial charge in [-0.3, -0.25) is 5.10 Å². The number of aryl methyl sites for hydroxylation is 2. The predicted molar refractivity (Wildman–Crippen MR) is 82.2 cm³/mol. The van der Waals surface area contributed by atoms with Crippen molar-refractivity contribution in [1.29, 1.82) is 0 Å². The van der Waals surface area contributed by atoms with Crippen molar-refractivity contribution in [2.45, 2.75) is 12.8 Å². The minimum Gasteiger partial charge on any atom is -0.382 e. The van der Waals surface area contributed by atoms with Crippen molar-refractivity contribution >= 4 is 5.82 Å². The summed E-state index contributed by atoms with van der Waals surface area (Å²) < 4.78 is 14.0. The summed E-state index contributed by atoms with van der Waals surface area (Å²) in [5.41, 5.74) is 9.15. The van der Waals surface area contributed by atoms with Gasteiger partial charge in [0.15, 0.2) is 5.82 Å². The maximum Gasteiger partial charge on any atom is 0.153 e. The van der Waals surface area contributed by atoms with Crippen LogP contribution in [-0.2, 0) is 12.8 Å². The van der Waals surface area contributed by atoms with Crippen molar-refractivity contribution in [1.82, 2.24) is 10.2 Å². The maximum absolute atomic E-state index is 14.0. The number of anilines is 1. The molecule has 4 heteroatoms. The fraction of sp³-hybridized carbons (Fsp3) is 0.118. The number of rotatable bonds is 4. The SMILES string of the molecule is Nc1n[nH]c(CCc2ccccc2)c1-c1ccccc1F. The first-order valence-electron chi connectivity index (χ1n) is 6.87. The molecule has 0 fully saturated rings. The van der Waals surface area contributed by atoms with E-state index in [2.05, 4.69) is 22.3 Å². The number of benzene rings is 2. The van der Waals surface area contributed by atoms with Gasteiger partial charge in [0.05, 0.1) is 0 Å². The molecule has 0 saturated carbocycles. The molecule has 0 bridgehead atoms. The average molecular weight is 281 g/mol. The molecule has 0 aliphatic rings. The second-order valence-corrected chi connectivity index (χ2v) is 4.93. The maximum atomic E-state index is 14.0. The molecule has 3 rings (SSSR count). The fourth-order valence-electron chi connectivity index (χ4n) is 2.45. The molecule has 0 aliphatic carbocycles. The molecule has 0 atom stereocenters. The van der Waals surface area contributed by atoms with Crippen LogP contribution in [0.25, 0.3) is 11.1 Å². The van der Waals surface area contributed by atoms with Gasteiger partial charge in [-0.15, -0.1) is 0 Å². The van der Waals surface area contributed by atoms with Gasteiger partial charge in [-0.1, -0.05) is 48.5 Å². The summed E-state index contributed by atoms with van der Waals surface area (Å²) in [6.45, 7) is 0. The summed E-state index contributed by atoms with van der Waals surface area (Å²) in [5.74, 6) is 0.0507. The minimum absolute atomic E-state index is 0.286. The van der Waals surface area contributed by atoms with E-state index in [1.54, 1.807) is 18.2 Å². The van der Waals surface area contributed by atoms with Gasteiger partial charge >= 0.3 is 0 Å². The molecule has 21 heavy (non-hydrogen) atoms. The zero-order chi connectivity index (χ0) is 14.7. The molecule has 3 aromatic rings. The van der Waals surface area contributed by atoms with Crippen LogP contribution in [0.3, 0.4) is 0 Å². The van der Waals surface area contributed by atoms with Crippen molar-refractivity contribution in [3.05, 3.63) is 71.7 Å². The van der Waals surface area contributed by atoms with Gasteiger partial charge < -0.3 is 5.73 Å². The number of hydrogen-bond donors (Lipinski definition) is 2. The van der Waals surface area contributed by atoms with E-state index >= 15 is 0 Å². The highest BCUT2D eigenvalue weighted by Crippen LogP contribution is 2.30. The van der Waals surface area contributed by atoms with Crippen LogP contribution in [0.2, 0.25) is 0 Å². The van der Waals surface area contributed by atoms with Gasteiger partial charge in [0.25, 0.3) is 0 Å². The van der Waals surface area contributed by atoms with Crippen molar-refractivity contribution in [2.24, 2.45) is 0 Å². The van der Waals surface area contributed by atoms with Crippen LogP contribution in [-0.4, -0.2) is 10.2 Å². The lowest BCUT2D eigenvalue weighted by molar-refractivity contribution is 0.631. The smallest absolute Gasteiger partial charge is 0.153 e. The molecule has 106 valence electrons. The van der Waals surface area contributed by atoms with Crippen molar-refractivity contribution < 1.29 is 4.39 Å². The highest BCUT2D eigenvalue weighted by molar-refractivity contribution is 5.76. The molecule has 0 amide bonds. The second-order valence-electron chi connectivity index (χ2n) is 4.93. The number of H-pyrrole nitrogens is 1. The summed E-state index contributed by atoms with van der Waals surface area (Å²) in [7, 11) is 0. The van der Waals surface area contributed by atoms with E-state index in [1.165, 1.54) is 11.6 Å². The van der Waals surface area contributed by atoms with Crippen LogP contribution in [0, 0.1) is 5.82 Å². The topological polar surface area (TPSA) is 54.7 Å². The number of nitrogens with zero attached hydrogens (tertiary/aromatic N) is 1. The Kier molecular flexibility index (Phi) is 3.69. The summed E-state index contributed by atoms with van der Waals surface area (Å²) in [6.07, 6.45) is 1.59. The normalized spacial score (nSPS) is 10.7. The molecular weight excluding hydrogens is 265 g/mol. The highest BCUT2D eigenvalue weighted by atomic mass is 19.1. The van der Waals surface area contributed by atoms with Crippen LogP contribution in [0.15, 0.2) is 54.6 Å². The molecule has 1 aromatic heterocycles. The Morgan fingerprint density at radius 2 is 1.67 bits per heavy atom. The number of nitrogens with two attached hydrogens (primary N) is 1. The molecule has 3 N–H and O–H groups in total. The van der Waals surface area contributed by atoms with Crippen LogP contribution in [0.5, 0.6) is 0 Å². The third kappa shape index (κ3) is 2.79. The first kappa shape index (κ1) is 13.4. The van der Waals surface area contributed by atoms with Crippen LogP contribution in [0.4, 0.5) is 10.2 Å². The molecule has 2 aromatic carbocycles. The van der Waals surface area contributed by atoms with Gasteiger partial charge in [0.1, 0.15) is 5.82 Å². The monoisotopic (exact) mass is 281 g/mol. The summed E-state index contributed by atoms with van der Waals surface area (Å²) in [5, 5.41) is 6.96. The number of aromatic nitrogens is 2. The molecule has 3 nitrogen and oxygen atoms in total. The highest BCUT2D eigenvalue weighted by Gasteiger charge is 2.15. The van der Waals surface area contributed by atoms with Gasteiger partial charge in [-0.05, 0) is 24.5 Å². The number of nitrogen functional groups attached to an aromatic ring is 1. The molecule has 0 unspecified atom stereocenters. The lowest BCUT2D eigenvalue weighted by Crippen LogP contribution is -1.96. The summed E-state index contributed by atoms with van der Waals surface area (Å²) >= 11 is 0. The zero-order valence-electron chi connectivity index (χ0n) is 11.5. The second kappa shape index (κ2) is 5.79. The number of nitrogens with one attached hydrogen (secondary N) is 1. The first-order chi connectivity index (χ1) is 10.3. The Morgan fingerprint density at radius 3 is 2.43 bits per heavy atom. The third-order valence-corrected chi connectivity index (χ3v) is 3.52. The van der Waals surface area contributed by atoms with E-state index in [1.807, 2.05) is 18.2 Å². The number of hydrogen-bond acceptors (Lipinski definition) is 2. The standard InChI is InChI=1S/C17H16FN3/c18-14-9-5-4-8-13(14)16-15(20-21-17(16)19)11-10-12-6-2-1-3-7-12/h1-9H,10-11H2,(H3,19,20,21).